The second-order valence-corrected chi connectivity index (χ2v) is 7.93. The zero-order valence-electron chi connectivity index (χ0n) is 16.1. The second-order valence-electron chi connectivity index (χ2n) is 7.52. The minimum atomic E-state index is -0.610. The van der Waals surface area contributed by atoms with Gasteiger partial charge >= 0.3 is 11.9 Å². The molecule has 0 bridgehead atoms. The van der Waals surface area contributed by atoms with Crippen molar-refractivity contribution >= 4 is 23.5 Å². The van der Waals surface area contributed by atoms with Gasteiger partial charge in [-0.15, -0.1) is 0 Å². The van der Waals surface area contributed by atoms with Gasteiger partial charge in [0, 0.05) is 12.0 Å². The van der Waals surface area contributed by atoms with E-state index in [2.05, 4.69) is 4.74 Å². The van der Waals surface area contributed by atoms with E-state index in [0.29, 0.717) is 6.42 Å². The predicted molar refractivity (Wildman–Crippen MR) is 104 cm³/mol. The Hall–Kier alpha value is -2.53. The van der Waals surface area contributed by atoms with Crippen molar-refractivity contribution in [2.24, 2.45) is 17.3 Å². The smallest absolute Gasteiger partial charge is 0.349 e. The molecule has 1 aromatic heterocycles. The molecular formula is C22H23ClO5. The third-order valence-corrected chi connectivity index (χ3v) is 5.46. The van der Waals surface area contributed by atoms with E-state index < -0.39 is 5.97 Å². The summed E-state index contributed by atoms with van der Waals surface area (Å²) in [5.74, 6) is -0.618. The summed E-state index contributed by atoms with van der Waals surface area (Å²) in [7, 11) is 1.26. The molecule has 0 radical (unpaired) electrons. The monoisotopic (exact) mass is 402 g/mol. The van der Waals surface area contributed by atoms with E-state index in [1.54, 1.807) is 12.3 Å². The lowest BCUT2D eigenvalue weighted by atomic mass is 10.1. The van der Waals surface area contributed by atoms with E-state index in [9.17, 15) is 9.59 Å². The molecular weight excluding hydrogens is 380 g/mol. The van der Waals surface area contributed by atoms with E-state index in [0.717, 1.165) is 16.9 Å². The summed E-state index contributed by atoms with van der Waals surface area (Å²) >= 11 is 5.93. The summed E-state index contributed by atoms with van der Waals surface area (Å²) in [5, 5.41) is -0.0173. The Kier molecular flexibility index (Phi) is 5.94. The zero-order valence-corrected chi connectivity index (χ0v) is 16.9. The number of carbonyl (C=O) groups is 2. The second kappa shape index (κ2) is 8.23. The summed E-state index contributed by atoms with van der Waals surface area (Å²) in [6.07, 6.45) is 3.87. The third kappa shape index (κ3) is 4.47. The highest BCUT2D eigenvalue weighted by atomic mass is 35.5. The first kappa shape index (κ1) is 20.2. The van der Waals surface area contributed by atoms with E-state index in [4.69, 9.17) is 20.8 Å². The first-order chi connectivity index (χ1) is 13.3. The van der Waals surface area contributed by atoms with Crippen LogP contribution >= 0.6 is 11.6 Å². The molecule has 28 heavy (non-hydrogen) atoms. The van der Waals surface area contributed by atoms with Crippen LogP contribution in [0.5, 0.6) is 0 Å². The van der Waals surface area contributed by atoms with Crippen molar-refractivity contribution in [1.29, 1.82) is 0 Å². The lowest BCUT2D eigenvalue weighted by Gasteiger charge is -2.03. The lowest BCUT2D eigenvalue weighted by molar-refractivity contribution is -0.147. The molecule has 2 aromatic rings. The quantitative estimate of drug-likeness (QED) is 0.504. The molecule has 0 amide bonds. The van der Waals surface area contributed by atoms with E-state index >= 15 is 0 Å². The summed E-state index contributed by atoms with van der Waals surface area (Å²) in [6, 6.07) is 11.9. The summed E-state index contributed by atoms with van der Waals surface area (Å²) in [6.45, 7) is 4.03. The molecule has 1 aromatic carbocycles. The van der Waals surface area contributed by atoms with Crippen molar-refractivity contribution < 1.29 is 23.5 Å². The number of rotatable bonds is 7. The lowest BCUT2D eigenvalue weighted by Crippen LogP contribution is -2.10. The molecule has 148 valence electrons. The molecule has 2 unspecified atom stereocenters. The fraction of sp³-hybridized carbons (Fsp3) is 0.364. The molecule has 1 aliphatic rings. The van der Waals surface area contributed by atoms with Crippen LogP contribution in [0.25, 0.3) is 0 Å². The first-order valence-electron chi connectivity index (χ1n) is 9.05. The number of furan rings is 1. The SMILES string of the molecule is COC(=O)C(Cl)=CC1C(C(=O)OCc2coc(Cc3ccccc3)c2)C1(C)C. The van der Waals surface area contributed by atoms with Crippen molar-refractivity contribution in [2.75, 3.05) is 7.11 Å². The van der Waals surface area contributed by atoms with Gasteiger partial charge in [0.1, 0.15) is 17.4 Å². The number of allylic oxidation sites excluding steroid dienone is 1. The number of hydrogen-bond donors (Lipinski definition) is 0. The Balaban J connectivity index is 1.55. The van der Waals surface area contributed by atoms with Crippen LogP contribution in [0, 0.1) is 17.3 Å². The number of benzene rings is 1. The highest BCUT2D eigenvalue weighted by Crippen LogP contribution is 2.60. The number of ether oxygens (including phenoxy) is 2. The van der Waals surface area contributed by atoms with Crippen LogP contribution in [-0.4, -0.2) is 19.0 Å². The summed E-state index contributed by atoms with van der Waals surface area (Å²) < 4.78 is 15.6. The third-order valence-electron chi connectivity index (χ3n) is 5.18. The molecule has 2 atom stereocenters. The fourth-order valence-electron chi connectivity index (χ4n) is 3.40. The van der Waals surface area contributed by atoms with E-state index in [1.807, 2.05) is 50.2 Å². The summed E-state index contributed by atoms with van der Waals surface area (Å²) in [5.41, 5.74) is 1.63. The molecule has 6 heteroatoms. The van der Waals surface area contributed by atoms with Gasteiger partial charge in [0.15, 0.2) is 0 Å². The number of carbonyl (C=O) groups excluding carboxylic acids is 2. The normalized spacial score (nSPS) is 20.5. The highest BCUT2D eigenvalue weighted by molar-refractivity contribution is 6.41. The first-order valence-corrected chi connectivity index (χ1v) is 9.43. The van der Waals surface area contributed by atoms with Crippen molar-refractivity contribution in [3.63, 3.8) is 0 Å². The van der Waals surface area contributed by atoms with Crippen LogP contribution in [0.1, 0.15) is 30.7 Å². The zero-order chi connectivity index (χ0) is 20.3. The van der Waals surface area contributed by atoms with Crippen LogP contribution in [0.4, 0.5) is 0 Å². The van der Waals surface area contributed by atoms with Gasteiger partial charge < -0.3 is 13.9 Å². The number of halogens is 1. The average Bonchev–Trinajstić information content (AvgIpc) is 3.00. The van der Waals surface area contributed by atoms with Crippen LogP contribution in [-0.2, 0) is 32.1 Å². The van der Waals surface area contributed by atoms with Gasteiger partial charge in [0.2, 0.25) is 0 Å². The van der Waals surface area contributed by atoms with Crippen molar-refractivity contribution in [3.8, 4) is 0 Å². The molecule has 0 aliphatic heterocycles. The Morgan fingerprint density at radius 3 is 2.61 bits per heavy atom. The fourth-order valence-corrected chi connectivity index (χ4v) is 3.61. The van der Waals surface area contributed by atoms with Crippen molar-refractivity contribution in [2.45, 2.75) is 26.9 Å². The van der Waals surface area contributed by atoms with Crippen LogP contribution < -0.4 is 0 Å². The standard InChI is InChI=1S/C22H23ClO5/c1-22(2)17(11-18(23)20(24)26-3)19(22)21(25)28-13-15-10-16(27-12-15)9-14-7-5-4-6-8-14/h4-8,10-12,17,19H,9,13H2,1-3H3. The van der Waals surface area contributed by atoms with Gasteiger partial charge in [-0.05, 0) is 23.0 Å². The van der Waals surface area contributed by atoms with E-state index in [1.165, 1.54) is 7.11 Å². The largest absolute Gasteiger partial charge is 0.469 e. The number of hydrogen-bond acceptors (Lipinski definition) is 5. The predicted octanol–water partition coefficient (Wildman–Crippen LogP) is 4.48. The molecule has 1 fully saturated rings. The Morgan fingerprint density at radius 2 is 1.93 bits per heavy atom. The maximum Gasteiger partial charge on any atom is 0.349 e. The molecule has 1 aliphatic carbocycles. The van der Waals surface area contributed by atoms with E-state index in [-0.39, 0.29) is 34.9 Å². The minimum Gasteiger partial charge on any atom is -0.469 e. The molecule has 1 saturated carbocycles. The molecule has 5 nitrogen and oxygen atoms in total. The molecule has 0 spiro atoms. The Labute approximate surface area is 169 Å². The molecule has 0 N–H and O–H groups in total. The van der Waals surface area contributed by atoms with Gasteiger partial charge in [0.25, 0.3) is 0 Å². The molecule has 1 heterocycles. The van der Waals surface area contributed by atoms with Crippen molar-refractivity contribution in [3.05, 3.63) is 70.7 Å². The maximum absolute atomic E-state index is 12.5. The number of esters is 2. The van der Waals surface area contributed by atoms with Crippen LogP contribution in [0.3, 0.4) is 0 Å². The number of methoxy groups -OCH3 is 1. The molecule has 3 rings (SSSR count). The Morgan fingerprint density at radius 1 is 1.21 bits per heavy atom. The average molecular weight is 403 g/mol. The highest BCUT2D eigenvalue weighted by Gasteiger charge is 2.61. The Bertz CT molecular complexity index is 881. The van der Waals surface area contributed by atoms with Gasteiger partial charge in [-0.3, -0.25) is 4.79 Å². The molecule has 0 saturated heterocycles. The minimum absolute atomic E-state index is 0.0173. The maximum atomic E-state index is 12.5. The van der Waals surface area contributed by atoms with Gasteiger partial charge in [-0.25, -0.2) is 4.79 Å². The van der Waals surface area contributed by atoms with Crippen LogP contribution in [0.2, 0.25) is 0 Å². The summed E-state index contributed by atoms with van der Waals surface area (Å²) in [4.78, 5) is 23.9. The van der Waals surface area contributed by atoms with Gasteiger partial charge in [-0.1, -0.05) is 61.9 Å². The van der Waals surface area contributed by atoms with Gasteiger partial charge in [0.05, 0.1) is 19.3 Å². The van der Waals surface area contributed by atoms with Crippen molar-refractivity contribution in [1.82, 2.24) is 0 Å². The van der Waals surface area contributed by atoms with Gasteiger partial charge in [-0.2, -0.15) is 0 Å². The topological polar surface area (TPSA) is 65.7 Å². The van der Waals surface area contributed by atoms with Crippen LogP contribution in [0.15, 0.2) is 58.2 Å².